The van der Waals surface area contributed by atoms with Crippen molar-refractivity contribution in [1.82, 2.24) is 5.32 Å². The van der Waals surface area contributed by atoms with Crippen molar-refractivity contribution in [2.24, 2.45) is 0 Å². The first-order valence-electron chi connectivity index (χ1n) is 6.07. The molecule has 16 heavy (non-hydrogen) atoms. The van der Waals surface area contributed by atoms with Crippen molar-refractivity contribution >= 4 is 5.97 Å². The van der Waals surface area contributed by atoms with Crippen LogP contribution in [0.25, 0.3) is 0 Å². The zero-order chi connectivity index (χ0) is 12.1. The van der Waals surface area contributed by atoms with E-state index in [-0.39, 0.29) is 5.97 Å². The van der Waals surface area contributed by atoms with Crippen LogP contribution in [0.3, 0.4) is 0 Å². The van der Waals surface area contributed by atoms with Crippen molar-refractivity contribution in [3.05, 3.63) is 0 Å². The normalized spacial score (nSPS) is 9.38. The van der Waals surface area contributed by atoms with E-state index in [4.69, 9.17) is 4.74 Å². The highest BCUT2D eigenvalue weighted by molar-refractivity contribution is 5.69. The minimum absolute atomic E-state index is 0.0753. The second-order valence-electron chi connectivity index (χ2n) is 3.54. The Kier molecular flexibility index (Phi) is 11.3. The molecule has 0 spiro atoms. The lowest BCUT2D eigenvalue weighted by Crippen LogP contribution is -2.16. The van der Waals surface area contributed by atoms with Crippen LogP contribution < -0.4 is 5.32 Å². The summed E-state index contributed by atoms with van der Waals surface area (Å²) >= 11 is 0. The van der Waals surface area contributed by atoms with E-state index in [2.05, 4.69) is 17.2 Å². The second-order valence-corrected chi connectivity index (χ2v) is 3.54. The summed E-state index contributed by atoms with van der Waals surface area (Å²) < 4.78 is 4.84. The average molecular weight is 225 g/mol. The van der Waals surface area contributed by atoms with Crippen molar-refractivity contribution in [3.8, 4) is 11.8 Å². The summed E-state index contributed by atoms with van der Waals surface area (Å²) in [6.45, 7) is 6.14. The van der Waals surface area contributed by atoms with Crippen LogP contribution in [0.15, 0.2) is 0 Å². The monoisotopic (exact) mass is 225 g/mol. The molecule has 0 aliphatic heterocycles. The Hall–Kier alpha value is -1.01. The highest BCUT2D eigenvalue weighted by atomic mass is 16.5. The lowest BCUT2D eigenvalue weighted by atomic mass is 10.2. The minimum atomic E-state index is -0.0753. The van der Waals surface area contributed by atoms with Gasteiger partial charge in [0.15, 0.2) is 0 Å². The number of carbonyl (C=O) groups is 1. The molecule has 3 nitrogen and oxygen atoms in total. The molecule has 0 aliphatic rings. The van der Waals surface area contributed by atoms with Gasteiger partial charge in [-0.05, 0) is 33.2 Å². The first-order chi connectivity index (χ1) is 7.81. The van der Waals surface area contributed by atoms with Crippen molar-refractivity contribution in [2.75, 3.05) is 19.7 Å². The molecule has 3 heteroatoms. The van der Waals surface area contributed by atoms with E-state index < -0.39 is 0 Å². The van der Waals surface area contributed by atoms with E-state index in [1.807, 2.05) is 13.8 Å². The molecule has 0 rings (SSSR count). The van der Waals surface area contributed by atoms with Crippen molar-refractivity contribution < 1.29 is 9.53 Å². The predicted octanol–water partition coefficient (Wildman–Crippen LogP) is 2.11. The van der Waals surface area contributed by atoms with Crippen molar-refractivity contribution in [1.29, 1.82) is 0 Å². The maximum atomic E-state index is 11.0. The molecule has 0 radical (unpaired) electrons. The zero-order valence-corrected chi connectivity index (χ0v) is 10.5. The maximum absolute atomic E-state index is 11.0. The summed E-state index contributed by atoms with van der Waals surface area (Å²) in [5.41, 5.74) is 0. The van der Waals surface area contributed by atoms with Gasteiger partial charge in [0, 0.05) is 19.4 Å². The molecule has 0 atom stereocenters. The van der Waals surface area contributed by atoms with E-state index >= 15 is 0 Å². The minimum Gasteiger partial charge on any atom is -0.466 e. The lowest BCUT2D eigenvalue weighted by Gasteiger charge is -2.03. The third kappa shape index (κ3) is 11.1. The van der Waals surface area contributed by atoms with E-state index in [9.17, 15) is 4.79 Å². The molecule has 0 unspecified atom stereocenters. The number of unbranched alkanes of at least 4 members (excludes halogenated alkanes) is 2. The van der Waals surface area contributed by atoms with Crippen molar-refractivity contribution in [2.45, 2.75) is 46.0 Å². The lowest BCUT2D eigenvalue weighted by molar-refractivity contribution is -0.143. The molecule has 0 amide bonds. The number of esters is 1. The van der Waals surface area contributed by atoms with Crippen LogP contribution in [0.5, 0.6) is 0 Å². The molecular weight excluding hydrogens is 202 g/mol. The quantitative estimate of drug-likeness (QED) is 0.371. The summed E-state index contributed by atoms with van der Waals surface area (Å²) in [7, 11) is 0. The van der Waals surface area contributed by atoms with Crippen LogP contribution >= 0.6 is 0 Å². The second kappa shape index (κ2) is 12.1. The van der Waals surface area contributed by atoms with Gasteiger partial charge in [0.2, 0.25) is 0 Å². The number of nitrogens with one attached hydrogen (secondary N) is 1. The third-order valence-electron chi connectivity index (χ3n) is 2.14. The Morgan fingerprint density at radius 1 is 1.25 bits per heavy atom. The molecule has 0 aromatic heterocycles. The number of carbonyl (C=O) groups excluding carboxylic acids is 1. The van der Waals surface area contributed by atoms with Crippen LogP contribution in [0.2, 0.25) is 0 Å². The highest BCUT2D eigenvalue weighted by Crippen LogP contribution is 2.00. The van der Waals surface area contributed by atoms with E-state index in [1.165, 1.54) is 0 Å². The van der Waals surface area contributed by atoms with E-state index in [0.29, 0.717) is 13.0 Å². The number of ether oxygens (including phenoxy) is 1. The third-order valence-corrected chi connectivity index (χ3v) is 2.14. The van der Waals surface area contributed by atoms with Gasteiger partial charge in [-0.3, -0.25) is 4.79 Å². The van der Waals surface area contributed by atoms with Crippen molar-refractivity contribution in [3.63, 3.8) is 0 Å². The summed E-state index contributed by atoms with van der Waals surface area (Å²) in [6.07, 6.45) is 4.58. The Labute approximate surface area is 98.9 Å². The Balaban J connectivity index is 3.08. The van der Waals surface area contributed by atoms with Gasteiger partial charge in [-0.15, -0.1) is 11.8 Å². The highest BCUT2D eigenvalue weighted by Gasteiger charge is 1.99. The Morgan fingerprint density at radius 3 is 2.75 bits per heavy atom. The fraction of sp³-hybridized carbons (Fsp3) is 0.769. The predicted molar refractivity (Wildman–Crippen MR) is 66.0 cm³/mol. The van der Waals surface area contributed by atoms with Gasteiger partial charge in [0.25, 0.3) is 0 Å². The average Bonchev–Trinajstić information content (AvgIpc) is 2.27. The van der Waals surface area contributed by atoms with Crippen LogP contribution in [0.4, 0.5) is 0 Å². The number of hydrogen-bond acceptors (Lipinski definition) is 3. The maximum Gasteiger partial charge on any atom is 0.305 e. The van der Waals surface area contributed by atoms with Gasteiger partial charge in [0.05, 0.1) is 6.61 Å². The topological polar surface area (TPSA) is 38.3 Å². The fourth-order valence-electron chi connectivity index (χ4n) is 1.33. The van der Waals surface area contributed by atoms with E-state index in [1.54, 1.807) is 0 Å². The largest absolute Gasteiger partial charge is 0.466 e. The number of rotatable bonds is 9. The van der Waals surface area contributed by atoms with Gasteiger partial charge in [0.1, 0.15) is 0 Å². The summed E-state index contributed by atoms with van der Waals surface area (Å²) in [5, 5.41) is 3.31. The molecule has 0 aromatic rings. The van der Waals surface area contributed by atoms with Crippen LogP contribution in [-0.4, -0.2) is 25.7 Å². The summed E-state index contributed by atoms with van der Waals surface area (Å²) in [6, 6.07) is 0. The van der Waals surface area contributed by atoms with Crippen LogP contribution in [0, 0.1) is 11.8 Å². The first-order valence-corrected chi connectivity index (χ1v) is 6.07. The molecular formula is C13H23NO2. The van der Waals surface area contributed by atoms with Gasteiger partial charge in [-0.2, -0.15) is 0 Å². The Morgan fingerprint density at radius 2 is 2.06 bits per heavy atom. The molecule has 0 bridgehead atoms. The zero-order valence-electron chi connectivity index (χ0n) is 10.5. The van der Waals surface area contributed by atoms with Crippen LogP contribution in [-0.2, 0) is 9.53 Å². The number of hydrogen-bond donors (Lipinski definition) is 1. The molecule has 0 saturated heterocycles. The molecule has 0 fully saturated rings. The molecule has 0 aliphatic carbocycles. The molecule has 0 saturated carbocycles. The van der Waals surface area contributed by atoms with Gasteiger partial charge >= 0.3 is 5.97 Å². The van der Waals surface area contributed by atoms with Crippen LogP contribution in [0.1, 0.15) is 46.0 Å². The van der Waals surface area contributed by atoms with Gasteiger partial charge in [-0.1, -0.05) is 6.42 Å². The standard InChI is InChI=1S/C13H23NO2/c1-3-5-8-11-14-12-9-6-7-10-13(15)16-4-2/h14H,4,6-12H2,1-2H3. The molecule has 0 heterocycles. The molecule has 92 valence electrons. The van der Waals surface area contributed by atoms with Gasteiger partial charge < -0.3 is 10.1 Å². The summed E-state index contributed by atoms with van der Waals surface area (Å²) in [4.78, 5) is 11.0. The fourth-order valence-corrected chi connectivity index (χ4v) is 1.33. The Bertz CT molecular complexity index is 228. The molecule has 0 aromatic carbocycles. The smallest absolute Gasteiger partial charge is 0.305 e. The first kappa shape index (κ1) is 15.0. The SMILES string of the molecule is CC#CCCNCCCCCC(=O)OCC. The van der Waals surface area contributed by atoms with Gasteiger partial charge in [-0.25, -0.2) is 0 Å². The summed E-state index contributed by atoms with van der Waals surface area (Å²) in [5.74, 6) is 5.79. The molecule has 1 N–H and O–H groups in total. The van der Waals surface area contributed by atoms with E-state index in [0.717, 1.165) is 38.8 Å².